The highest BCUT2D eigenvalue weighted by Gasteiger charge is 2.19. The third-order valence-corrected chi connectivity index (χ3v) is 3.92. The van der Waals surface area contributed by atoms with E-state index in [1.54, 1.807) is 24.3 Å². The van der Waals surface area contributed by atoms with Crippen molar-refractivity contribution < 1.29 is 14.3 Å². The minimum atomic E-state index is -0.985. The van der Waals surface area contributed by atoms with Gasteiger partial charge in [0.1, 0.15) is 5.69 Å². The molecule has 0 aliphatic rings. The number of carbonyl (C=O) groups is 2. The average molecular weight is 350 g/mol. The van der Waals surface area contributed by atoms with E-state index in [-0.39, 0.29) is 11.1 Å². The number of hydrogen-bond acceptors (Lipinski definition) is 4. The van der Waals surface area contributed by atoms with Gasteiger partial charge in [0.25, 0.3) is 5.91 Å². The predicted molar refractivity (Wildman–Crippen MR) is 97.7 cm³/mol. The van der Waals surface area contributed by atoms with Crippen LogP contribution >= 0.6 is 0 Å². The fourth-order valence-corrected chi connectivity index (χ4v) is 2.51. The molecule has 0 fully saturated rings. The minimum absolute atomic E-state index is 0.0106. The van der Waals surface area contributed by atoms with E-state index in [0.717, 1.165) is 5.56 Å². The number of ether oxygens (including phenoxy) is 1. The number of carbonyl (C=O) groups excluding carboxylic acids is 2. The zero-order valence-corrected chi connectivity index (χ0v) is 14.2. The summed E-state index contributed by atoms with van der Waals surface area (Å²) in [6.45, 7) is 1.83. The van der Waals surface area contributed by atoms with Crippen molar-refractivity contribution in [3.63, 3.8) is 0 Å². The maximum Gasteiger partial charge on any atom is 0.355 e. The molecule has 1 aromatic heterocycles. The van der Waals surface area contributed by atoms with Gasteiger partial charge in [0.2, 0.25) is 0 Å². The van der Waals surface area contributed by atoms with Crippen LogP contribution in [0, 0.1) is 0 Å². The molecule has 0 saturated carbocycles. The van der Waals surface area contributed by atoms with Crippen molar-refractivity contribution in [2.24, 2.45) is 0 Å². The van der Waals surface area contributed by atoms with Gasteiger partial charge in [-0.25, -0.2) is 4.79 Å². The summed E-state index contributed by atoms with van der Waals surface area (Å²) in [5, 5.41) is 3.19. The Kier molecular flexibility index (Phi) is 5.12. The largest absolute Gasteiger partial charge is 0.448 e. The van der Waals surface area contributed by atoms with Gasteiger partial charge in [0, 0.05) is 23.5 Å². The van der Waals surface area contributed by atoms with Crippen LogP contribution in [0.1, 0.15) is 23.0 Å². The summed E-state index contributed by atoms with van der Waals surface area (Å²) >= 11 is 0. The fourth-order valence-electron chi connectivity index (χ4n) is 2.51. The topological polar surface area (TPSA) is 88.3 Å². The quantitative estimate of drug-likeness (QED) is 0.692. The normalized spacial score (nSPS) is 11.7. The second-order valence-corrected chi connectivity index (χ2v) is 5.84. The highest BCUT2D eigenvalue weighted by Crippen LogP contribution is 2.09. The first kappa shape index (κ1) is 17.4. The number of amides is 1. The molecule has 3 rings (SSSR count). The lowest BCUT2D eigenvalue weighted by Crippen LogP contribution is -2.35. The van der Waals surface area contributed by atoms with Gasteiger partial charge in [-0.15, -0.1) is 0 Å². The first-order chi connectivity index (χ1) is 12.5. The number of aromatic nitrogens is 1. The van der Waals surface area contributed by atoms with Crippen LogP contribution in [0.5, 0.6) is 0 Å². The first-order valence-corrected chi connectivity index (χ1v) is 8.19. The maximum atomic E-state index is 12.3. The molecule has 2 aromatic carbocycles. The van der Waals surface area contributed by atoms with Gasteiger partial charge in [0.05, 0.1) is 0 Å². The summed E-state index contributed by atoms with van der Waals surface area (Å²) < 4.78 is 5.17. The van der Waals surface area contributed by atoms with Crippen molar-refractivity contribution in [1.29, 1.82) is 0 Å². The molecule has 0 spiro atoms. The number of esters is 1. The molecule has 0 radical (unpaired) electrons. The average Bonchev–Trinajstić information content (AvgIpc) is 2.66. The molecule has 0 aliphatic carbocycles. The lowest BCUT2D eigenvalue weighted by Gasteiger charge is -2.13. The van der Waals surface area contributed by atoms with Gasteiger partial charge in [-0.3, -0.25) is 9.59 Å². The summed E-state index contributed by atoms with van der Waals surface area (Å²) in [7, 11) is 0. The van der Waals surface area contributed by atoms with Crippen molar-refractivity contribution in [1.82, 2.24) is 10.3 Å². The Morgan fingerprint density at radius 1 is 1.08 bits per heavy atom. The smallest absolute Gasteiger partial charge is 0.355 e. The van der Waals surface area contributed by atoms with Crippen LogP contribution in [0.4, 0.5) is 0 Å². The predicted octanol–water partition coefficient (Wildman–Crippen LogP) is 2.39. The van der Waals surface area contributed by atoms with E-state index in [1.807, 2.05) is 30.3 Å². The van der Waals surface area contributed by atoms with E-state index in [1.165, 1.54) is 13.0 Å². The molecule has 6 heteroatoms. The molecule has 26 heavy (non-hydrogen) atoms. The minimum Gasteiger partial charge on any atom is -0.448 e. The second-order valence-electron chi connectivity index (χ2n) is 5.84. The van der Waals surface area contributed by atoms with Crippen LogP contribution in [0.25, 0.3) is 10.9 Å². The Hall–Kier alpha value is -3.41. The summed E-state index contributed by atoms with van der Waals surface area (Å²) in [6, 6.07) is 17.5. The summed E-state index contributed by atoms with van der Waals surface area (Å²) in [5.41, 5.74) is 1.20. The highest BCUT2D eigenvalue weighted by atomic mass is 16.5. The first-order valence-electron chi connectivity index (χ1n) is 8.19. The zero-order valence-electron chi connectivity index (χ0n) is 14.2. The highest BCUT2D eigenvalue weighted by molar-refractivity contribution is 5.93. The molecule has 6 nitrogen and oxygen atoms in total. The van der Waals surface area contributed by atoms with Crippen LogP contribution in [-0.4, -0.2) is 23.0 Å². The lowest BCUT2D eigenvalue weighted by molar-refractivity contribution is -0.129. The Bertz CT molecular complexity index is 995. The number of hydrogen-bond donors (Lipinski definition) is 2. The van der Waals surface area contributed by atoms with Crippen LogP contribution in [0.2, 0.25) is 0 Å². The fraction of sp³-hybridized carbons (Fsp3) is 0.150. The Morgan fingerprint density at radius 2 is 1.77 bits per heavy atom. The van der Waals surface area contributed by atoms with E-state index in [4.69, 9.17) is 4.74 Å². The van der Waals surface area contributed by atoms with Gasteiger partial charge in [-0.1, -0.05) is 42.5 Å². The van der Waals surface area contributed by atoms with Gasteiger partial charge in [-0.05, 0) is 24.6 Å². The van der Waals surface area contributed by atoms with E-state index in [0.29, 0.717) is 17.4 Å². The maximum absolute atomic E-state index is 12.3. The molecule has 1 atom stereocenters. The van der Waals surface area contributed by atoms with E-state index in [9.17, 15) is 14.4 Å². The van der Waals surface area contributed by atoms with Crippen molar-refractivity contribution in [3.8, 4) is 0 Å². The molecule has 3 aromatic rings. The lowest BCUT2D eigenvalue weighted by atomic mass is 10.2. The van der Waals surface area contributed by atoms with E-state index in [2.05, 4.69) is 10.3 Å². The van der Waals surface area contributed by atoms with E-state index < -0.39 is 18.0 Å². The van der Waals surface area contributed by atoms with Crippen LogP contribution in [0.3, 0.4) is 0 Å². The molecular formula is C20H18N2O4. The molecule has 0 bridgehead atoms. The number of para-hydroxylation sites is 1. The number of rotatable bonds is 5. The number of fused-ring (bicyclic) bond motifs is 1. The molecule has 0 saturated heterocycles. The molecule has 1 amide bonds. The Balaban J connectivity index is 1.65. The monoisotopic (exact) mass is 350 g/mol. The second kappa shape index (κ2) is 7.65. The van der Waals surface area contributed by atoms with Gasteiger partial charge < -0.3 is 15.0 Å². The molecule has 0 aliphatic heterocycles. The number of H-pyrrole nitrogens is 1. The molecule has 0 unspecified atom stereocenters. The molecule has 132 valence electrons. The summed E-state index contributed by atoms with van der Waals surface area (Å²) in [5.74, 6) is -1.17. The summed E-state index contributed by atoms with van der Waals surface area (Å²) in [6.07, 6.45) is -0.985. The standard InChI is InChI=1S/C20H18N2O4/c1-13(19(24)21-12-14-7-3-2-4-8-14)26-20(25)17-11-18(23)15-9-5-6-10-16(15)22-17/h2-11,13H,12H2,1H3,(H,21,24)(H,22,23)/t13-/m1/s1. The van der Waals surface area contributed by atoms with Crippen LogP contribution < -0.4 is 10.7 Å². The number of benzene rings is 2. The van der Waals surface area contributed by atoms with Gasteiger partial charge in [0.15, 0.2) is 11.5 Å². The summed E-state index contributed by atoms with van der Waals surface area (Å²) in [4.78, 5) is 39.3. The Morgan fingerprint density at radius 3 is 2.54 bits per heavy atom. The number of pyridine rings is 1. The van der Waals surface area contributed by atoms with Crippen LogP contribution in [-0.2, 0) is 16.1 Å². The third-order valence-electron chi connectivity index (χ3n) is 3.92. The van der Waals surface area contributed by atoms with Crippen molar-refractivity contribution in [2.75, 3.05) is 0 Å². The number of aromatic amines is 1. The van der Waals surface area contributed by atoms with Gasteiger partial charge in [-0.2, -0.15) is 0 Å². The van der Waals surface area contributed by atoms with Crippen molar-refractivity contribution >= 4 is 22.8 Å². The number of nitrogens with one attached hydrogen (secondary N) is 2. The van der Waals surface area contributed by atoms with E-state index >= 15 is 0 Å². The molecule has 1 heterocycles. The molecular weight excluding hydrogens is 332 g/mol. The Labute approximate surface area is 149 Å². The zero-order chi connectivity index (χ0) is 18.5. The molecule has 2 N–H and O–H groups in total. The van der Waals surface area contributed by atoms with Gasteiger partial charge >= 0.3 is 5.97 Å². The van der Waals surface area contributed by atoms with Crippen molar-refractivity contribution in [3.05, 3.63) is 82.1 Å². The third kappa shape index (κ3) is 3.97. The van der Waals surface area contributed by atoms with Crippen molar-refractivity contribution in [2.45, 2.75) is 19.6 Å². The van der Waals surface area contributed by atoms with Crippen LogP contribution in [0.15, 0.2) is 65.5 Å². The SMILES string of the molecule is C[C@@H](OC(=O)c1cc(=O)c2ccccc2[nH]1)C(=O)NCc1ccccc1.